The second-order valence-corrected chi connectivity index (χ2v) is 4.72. The number of phenols is 1. The van der Waals surface area contributed by atoms with E-state index < -0.39 is 17.9 Å². The van der Waals surface area contributed by atoms with Crippen molar-refractivity contribution in [1.29, 1.82) is 0 Å². The van der Waals surface area contributed by atoms with E-state index in [0.29, 0.717) is 5.56 Å². The molecule has 2 aromatic carbocycles. The van der Waals surface area contributed by atoms with Gasteiger partial charge in [-0.2, -0.15) is 0 Å². The lowest BCUT2D eigenvalue weighted by molar-refractivity contribution is -0.139. The Bertz CT molecular complexity index is 687. The summed E-state index contributed by atoms with van der Waals surface area (Å²) in [4.78, 5) is 23.4. The summed E-state index contributed by atoms with van der Waals surface area (Å²) in [7, 11) is 0. The number of amides is 1. The minimum atomic E-state index is -1.27. The van der Waals surface area contributed by atoms with Gasteiger partial charge in [-0.05, 0) is 24.3 Å². The molecule has 3 N–H and O–H groups in total. The van der Waals surface area contributed by atoms with Crippen molar-refractivity contribution in [3.8, 4) is 5.75 Å². The molecule has 0 spiro atoms. The number of carbonyl (C=O) groups is 2. The predicted molar refractivity (Wildman–Crippen MR) is 77.4 cm³/mol. The quantitative estimate of drug-likeness (QED) is 0.810. The topological polar surface area (TPSA) is 86.6 Å². The van der Waals surface area contributed by atoms with Crippen molar-refractivity contribution in [1.82, 2.24) is 5.32 Å². The van der Waals surface area contributed by atoms with E-state index >= 15 is 0 Å². The van der Waals surface area contributed by atoms with Crippen LogP contribution in [0.2, 0.25) is 5.02 Å². The van der Waals surface area contributed by atoms with Gasteiger partial charge < -0.3 is 15.5 Å². The van der Waals surface area contributed by atoms with Gasteiger partial charge in [-0.1, -0.05) is 35.9 Å². The Kier molecular flexibility index (Phi) is 4.45. The summed E-state index contributed by atoms with van der Waals surface area (Å²) >= 11 is 5.96. The highest BCUT2D eigenvalue weighted by Crippen LogP contribution is 2.23. The van der Waals surface area contributed by atoms with E-state index in [1.807, 2.05) is 0 Å². The van der Waals surface area contributed by atoms with Crippen LogP contribution < -0.4 is 5.32 Å². The Morgan fingerprint density at radius 2 is 1.81 bits per heavy atom. The number of aromatic hydroxyl groups is 1. The summed E-state index contributed by atoms with van der Waals surface area (Å²) < 4.78 is 0. The highest BCUT2D eigenvalue weighted by Gasteiger charge is 2.24. The van der Waals surface area contributed by atoms with Gasteiger partial charge >= 0.3 is 5.97 Å². The standard InChI is InChI=1S/C15H12ClNO4/c16-12-7-2-1-6-11(12)13(15(20)21)17-14(19)9-4-3-5-10(18)8-9/h1-8,13,18H,(H,17,19)(H,20,21)/t13-/m1/s1. The van der Waals surface area contributed by atoms with E-state index in [1.54, 1.807) is 18.2 Å². The first-order valence-corrected chi connectivity index (χ1v) is 6.44. The van der Waals surface area contributed by atoms with Crippen molar-refractivity contribution >= 4 is 23.5 Å². The van der Waals surface area contributed by atoms with Crippen molar-refractivity contribution in [3.05, 3.63) is 64.7 Å². The van der Waals surface area contributed by atoms with E-state index in [2.05, 4.69) is 5.32 Å². The molecule has 0 fully saturated rings. The summed E-state index contributed by atoms with van der Waals surface area (Å²) in [6.45, 7) is 0. The number of rotatable bonds is 4. The Morgan fingerprint density at radius 1 is 1.10 bits per heavy atom. The molecule has 108 valence electrons. The molecule has 0 aromatic heterocycles. The summed E-state index contributed by atoms with van der Waals surface area (Å²) in [5.74, 6) is -1.91. The first-order chi connectivity index (χ1) is 9.99. The molecule has 21 heavy (non-hydrogen) atoms. The first-order valence-electron chi connectivity index (χ1n) is 6.06. The van der Waals surface area contributed by atoms with Gasteiger partial charge in [0.15, 0.2) is 6.04 Å². The third kappa shape index (κ3) is 3.52. The molecule has 0 aliphatic rings. The van der Waals surface area contributed by atoms with Crippen LogP contribution in [0, 0.1) is 0 Å². The second kappa shape index (κ2) is 6.28. The molecule has 0 heterocycles. The predicted octanol–water partition coefficient (Wildman–Crippen LogP) is 2.60. The molecule has 6 heteroatoms. The summed E-state index contributed by atoms with van der Waals surface area (Å²) in [6, 6.07) is 10.8. The highest BCUT2D eigenvalue weighted by molar-refractivity contribution is 6.31. The van der Waals surface area contributed by atoms with Gasteiger partial charge in [-0.25, -0.2) is 4.79 Å². The van der Waals surface area contributed by atoms with E-state index in [9.17, 15) is 19.8 Å². The summed E-state index contributed by atoms with van der Waals surface area (Å²) in [5, 5.41) is 21.3. The van der Waals surface area contributed by atoms with Crippen molar-refractivity contribution < 1.29 is 19.8 Å². The lowest BCUT2D eigenvalue weighted by atomic mass is 10.1. The largest absolute Gasteiger partial charge is 0.508 e. The van der Waals surface area contributed by atoms with Crippen LogP contribution in [0.25, 0.3) is 0 Å². The molecule has 2 aromatic rings. The Morgan fingerprint density at radius 3 is 2.43 bits per heavy atom. The number of halogens is 1. The normalized spacial score (nSPS) is 11.7. The highest BCUT2D eigenvalue weighted by atomic mass is 35.5. The van der Waals surface area contributed by atoms with Crippen LogP contribution in [0.4, 0.5) is 0 Å². The van der Waals surface area contributed by atoms with Gasteiger partial charge in [0.05, 0.1) is 0 Å². The molecular weight excluding hydrogens is 294 g/mol. The van der Waals surface area contributed by atoms with Crippen LogP contribution in [0.15, 0.2) is 48.5 Å². The van der Waals surface area contributed by atoms with E-state index in [0.717, 1.165) is 0 Å². The van der Waals surface area contributed by atoms with Gasteiger partial charge in [0.1, 0.15) is 5.75 Å². The maximum Gasteiger partial charge on any atom is 0.330 e. The Balaban J connectivity index is 2.27. The van der Waals surface area contributed by atoms with Crippen LogP contribution in [-0.2, 0) is 4.79 Å². The fourth-order valence-electron chi connectivity index (χ4n) is 1.84. The van der Waals surface area contributed by atoms with Crippen molar-refractivity contribution in [2.75, 3.05) is 0 Å². The number of hydrogen-bond acceptors (Lipinski definition) is 3. The summed E-state index contributed by atoms with van der Waals surface area (Å²) in [5.41, 5.74) is 0.452. The third-order valence-electron chi connectivity index (χ3n) is 2.85. The van der Waals surface area contributed by atoms with Crippen LogP contribution in [0.1, 0.15) is 22.0 Å². The summed E-state index contributed by atoms with van der Waals surface area (Å²) in [6.07, 6.45) is 0. The maximum absolute atomic E-state index is 12.1. The minimum absolute atomic E-state index is 0.0766. The van der Waals surface area contributed by atoms with Crippen molar-refractivity contribution in [3.63, 3.8) is 0 Å². The number of nitrogens with one attached hydrogen (secondary N) is 1. The Hall–Kier alpha value is -2.53. The van der Waals surface area contributed by atoms with Crippen LogP contribution in [-0.4, -0.2) is 22.1 Å². The number of benzene rings is 2. The van der Waals surface area contributed by atoms with Crippen LogP contribution >= 0.6 is 11.6 Å². The number of carboxylic acids is 1. The molecule has 1 atom stereocenters. The number of phenolic OH excluding ortho intramolecular Hbond substituents is 1. The van der Waals surface area contributed by atoms with Gasteiger partial charge in [0.25, 0.3) is 5.91 Å². The molecule has 0 aliphatic carbocycles. The van der Waals surface area contributed by atoms with E-state index in [4.69, 9.17) is 11.6 Å². The van der Waals surface area contributed by atoms with Gasteiger partial charge in [0, 0.05) is 16.1 Å². The van der Waals surface area contributed by atoms with Gasteiger partial charge in [-0.15, -0.1) is 0 Å². The molecule has 0 bridgehead atoms. The van der Waals surface area contributed by atoms with E-state index in [1.165, 1.54) is 30.3 Å². The number of carbonyl (C=O) groups excluding carboxylic acids is 1. The lowest BCUT2D eigenvalue weighted by Gasteiger charge is -2.16. The molecule has 5 nitrogen and oxygen atoms in total. The average Bonchev–Trinajstić information content (AvgIpc) is 2.45. The zero-order chi connectivity index (χ0) is 15.4. The SMILES string of the molecule is O=C(N[C@@H](C(=O)O)c1ccccc1Cl)c1cccc(O)c1. The average molecular weight is 306 g/mol. The number of hydrogen-bond donors (Lipinski definition) is 3. The van der Waals surface area contributed by atoms with Gasteiger partial charge in [0.2, 0.25) is 0 Å². The third-order valence-corrected chi connectivity index (χ3v) is 3.19. The zero-order valence-electron chi connectivity index (χ0n) is 10.8. The van der Waals surface area contributed by atoms with Crippen LogP contribution in [0.3, 0.4) is 0 Å². The smallest absolute Gasteiger partial charge is 0.330 e. The molecule has 0 saturated heterocycles. The molecular formula is C15H12ClNO4. The molecule has 0 radical (unpaired) electrons. The van der Waals surface area contributed by atoms with Gasteiger partial charge in [-0.3, -0.25) is 4.79 Å². The molecule has 1 amide bonds. The first kappa shape index (κ1) is 14.9. The maximum atomic E-state index is 12.1. The van der Waals surface area contributed by atoms with E-state index in [-0.39, 0.29) is 16.3 Å². The number of aliphatic carboxylic acids is 1. The fraction of sp³-hybridized carbons (Fsp3) is 0.0667. The van der Waals surface area contributed by atoms with Crippen molar-refractivity contribution in [2.45, 2.75) is 6.04 Å². The fourth-order valence-corrected chi connectivity index (χ4v) is 2.09. The second-order valence-electron chi connectivity index (χ2n) is 4.32. The van der Waals surface area contributed by atoms with Crippen LogP contribution in [0.5, 0.6) is 5.75 Å². The number of carboxylic acid groups (broad SMARTS) is 1. The zero-order valence-corrected chi connectivity index (χ0v) is 11.5. The Labute approximate surface area is 125 Å². The molecule has 0 aliphatic heterocycles. The molecule has 2 rings (SSSR count). The lowest BCUT2D eigenvalue weighted by Crippen LogP contribution is -2.33. The molecule has 0 unspecified atom stereocenters. The molecule has 0 saturated carbocycles. The monoisotopic (exact) mass is 305 g/mol. The minimum Gasteiger partial charge on any atom is -0.508 e. The van der Waals surface area contributed by atoms with Crippen molar-refractivity contribution in [2.24, 2.45) is 0 Å².